The first-order chi connectivity index (χ1) is 16.4. The van der Waals surface area contributed by atoms with E-state index in [4.69, 9.17) is 27.9 Å². The summed E-state index contributed by atoms with van der Waals surface area (Å²) in [6, 6.07) is 23.3. The number of nitrogens with zero attached hydrogens (tertiary/aromatic N) is 1. The molecule has 4 aromatic carbocycles. The Bertz CT molecular complexity index is 1380. The summed E-state index contributed by atoms with van der Waals surface area (Å²) in [4.78, 5) is 15.5. The standard InChI is InChI=1S/C28H24Cl2N2O2/c1-32(2)27-22-8-5-7-20(17-14-18(29)16-19(30)15-17)21(22)10-11-24(27)28(33)31-25-12-13-34-26-9-4-3-6-23(25)26/h3-11,14-16,25H,12-13H2,1-2H3,(H,31,33). The first kappa shape index (κ1) is 22.6. The zero-order chi connectivity index (χ0) is 23.8. The van der Waals surface area contributed by atoms with Crippen molar-refractivity contribution in [3.8, 4) is 16.9 Å². The van der Waals surface area contributed by atoms with E-state index in [1.54, 1.807) is 6.07 Å². The van der Waals surface area contributed by atoms with Crippen molar-refractivity contribution in [1.82, 2.24) is 5.32 Å². The highest BCUT2D eigenvalue weighted by Crippen LogP contribution is 2.38. The van der Waals surface area contributed by atoms with Crippen LogP contribution in [0.3, 0.4) is 0 Å². The molecular weight excluding hydrogens is 467 g/mol. The number of hydrogen-bond acceptors (Lipinski definition) is 3. The van der Waals surface area contributed by atoms with Crippen LogP contribution < -0.4 is 15.0 Å². The number of benzene rings is 4. The van der Waals surface area contributed by atoms with Gasteiger partial charge in [0.25, 0.3) is 5.91 Å². The Morgan fingerprint density at radius 3 is 2.47 bits per heavy atom. The van der Waals surface area contributed by atoms with E-state index >= 15 is 0 Å². The van der Waals surface area contributed by atoms with Crippen molar-refractivity contribution in [3.63, 3.8) is 0 Å². The van der Waals surface area contributed by atoms with Crippen LogP contribution in [0.2, 0.25) is 10.0 Å². The number of amides is 1. The maximum absolute atomic E-state index is 13.5. The normalized spacial score (nSPS) is 14.9. The number of anilines is 1. The van der Waals surface area contributed by atoms with Crippen LogP contribution in [0.4, 0.5) is 5.69 Å². The maximum Gasteiger partial charge on any atom is 0.253 e. The smallest absolute Gasteiger partial charge is 0.253 e. The van der Waals surface area contributed by atoms with Crippen molar-refractivity contribution in [3.05, 3.63) is 94.0 Å². The minimum absolute atomic E-state index is 0.0944. The van der Waals surface area contributed by atoms with Gasteiger partial charge in [0.05, 0.1) is 23.9 Å². The number of nitrogens with one attached hydrogen (secondary N) is 1. The molecule has 1 N–H and O–H groups in total. The SMILES string of the molecule is CN(C)c1c(C(=O)NC2CCOc3ccccc32)ccc2c(-c3cc(Cl)cc(Cl)c3)cccc12. The Kier molecular flexibility index (Phi) is 6.11. The molecule has 5 rings (SSSR count). The Labute approximate surface area is 209 Å². The molecule has 0 spiro atoms. The average molecular weight is 491 g/mol. The lowest BCUT2D eigenvalue weighted by Crippen LogP contribution is -2.33. The van der Waals surface area contributed by atoms with Gasteiger partial charge in [-0.25, -0.2) is 0 Å². The molecule has 0 saturated carbocycles. The van der Waals surface area contributed by atoms with E-state index in [9.17, 15) is 4.79 Å². The molecule has 1 aliphatic heterocycles. The van der Waals surface area contributed by atoms with Crippen LogP contribution >= 0.6 is 23.2 Å². The monoisotopic (exact) mass is 490 g/mol. The zero-order valence-electron chi connectivity index (χ0n) is 18.9. The number of ether oxygens (including phenoxy) is 1. The Hall–Kier alpha value is -3.21. The summed E-state index contributed by atoms with van der Waals surface area (Å²) in [6.07, 6.45) is 0.729. The summed E-state index contributed by atoms with van der Waals surface area (Å²) in [5, 5.41) is 6.41. The van der Waals surface area contributed by atoms with Gasteiger partial charge in [-0.05, 0) is 46.8 Å². The van der Waals surface area contributed by atoms with Crippen LogP contribution in [0.15, 0.2) is 72.8 Å². The van der Waals surface area contributed by atoms with Crippen molar-refractivity contribution in [2.24, 2.45) is 0 Å². The topological polar surface area (TPSA) is 41.6 Å². The lowest BCUT2D eigenvalue weighted by molar-refractivity contribution is 0.0925. The van der Waals surface area contributed by atoms with Gasteiger partial charge in [0.15, 0.2) is 0 Å². The van der Waals surface area contributed by atoms with Gasteiger partial charge in [0, 0.05) is 41.5 Å². The fourth-order valence-corrected chi connectivity index (χ4v) is 5.22. The molecular formula is C28H24Cl2N2O2. The summed E-state index contributed by atoms with van der Waals surface area (Å²) < 4.78 is 5.75. The quantitative estimate of drug-likeness (QED) is 0.330. The summed E-state index contributed by atoms with van der Waals surface area (Å²) in [7, 11) is 3.91. The summed E-state index contributed by atoms with van der Waals surface area (Å²) in [5.41, 5.74) is 4.45. The van der Waals surface area contributed by atoms with Crippen LogP contribution in [0.25, 0.3) is 21.9 Å². The molecule has 1 aliphatic rings. The number of hydrogen-bond donors (Lipinski definition) is 1. The third-order valence-corrected chi connectivity index (χ3v) is 6.60. The van der Waals surface area contributed by atoms with E-state index in [-0.39, 0.29) is 11.9 Å². The molecule has 4 nitrogen and oxygen atoms in total. The molecule has 4 aromatic rings. The van der Waals surface area contributed by atoms with Crippen LogP contribution in [0.1, 0.15) is 28.4 Å². The number of halogens is 2. The molecule has 0 saturated heterocycles. The van der Waals surface area contributed by atoms with Gasteiger partial charge in [-0.15, -0.1) is 0 Å². The highest BCUT2D eigenvalue weighted by Gasteiger charge is 2.25. The van der Waals surface area contributed by atoms with Gasteiger partial charge >= 0.3 is 0 Å². The van der Waals surface area contributed by atoms with E-state index in [0.717, 1.165) is 45.3 Å². The van der Waals surface area contributed by atoms with E-state index in [0.29, 0.717) is 22.2 Å². The number of fused-ring (bicyclic) bond motifs is 2. The highest BCUT2D eigenvalue weighted by molar-refractivity contribution is 6.35. The van der Waals surface area contributed by atoms with Crippen molar-refractivity contribution in [2.45, 2.75) is 12.5 Å². The first-order valence-corrected chi connectivity index (χ1v) is 11.9. The second-order valence-electron chi connectivity index (χ2n) is 8.62. The second-order valence-corrected chi connectivity index (χ2v) is 9.49. The third kappa shape index (κ3) is 4.20. The third-order valence-electron chi connectivity index (χ3n) is 6.16. The zero-order valence-corrected chi connectivity index (χ0v) is 20.5. The molecule has 0 aliphatic carbocycles. The largest absolute Gasteiger partial charge is 0.493 e. The molecule has 1 atom stereocenters. The summed E-state index contributed by atoms with van der Waals surface area (Å²) in [5.74, 6) is 0.721. The summed E-state index contributed by atoms with van der Waals surface area (Å²) in [6.45, 7) is 0.575. The van der Waals surface area contributed by atoms with Crippen LogP contribution in [0.5, 0.6) is 5.75 Å². The average Bonchev–Trinajstić information content (AvgIpc) is 2.82. The molecule has 1 unspecified atom stereocenters. The van der Waals surface area contributed by atoms with Gasteiger partial charge in [-0.1, -0.05) is 65.7 Å². The predicted molar refractivity (Wildman–Crippen MR) is 140 cm³/mol. The van der Waals surface area contributed by atoms with Crippen molar-refractivity contribution < 1.29 is 9.53 Å². The number of para-hydroxylation sites is 1. The molecule has 0 fully saturated rings. The maximum atomic E-state index is 13.5. The lowest BCUT2D eigenvalue weighted by atomic mass is 9.94. The Balaban J connectivity index is 1.58. The highest BCUT2D eigenvalue weighted by atomic mass is 35.5. The van der Waals surface area contributed by atoms with Gasteiger partial charge in [0.2, 0.25) is 0 Å². The number of rotatable bonds is 4. The van der Waals surface area contributed by atoms with Gasteiger partial charge in [0.1, 0.15) is 5.75 Å². The lowest BCUT2D eigenvalue weighted by Gasteiger charge is -2.28. The van der Waals surface area contributed by atoms with E-state index in [1.807, 2.05) is 85.7 Å². The van der Waals surface area contributed by atoms with Gasteiger partial charge < -0.3 is 15.0 Å². The Morgan fingerprint density at radius 2 is 1.71 bits per heavy atom. The first-order valence-electron chi connectivity index (χ1n) is 11.1. The molecule has 1 amide bonds. The Morgan fingerprint density at radius 1 is 0.941 bits per heavy atom. The minimum atomic E-state index is -0.108. The molecule has 34 heavy (non-hydrogen) atoms. The van der Waals surface area contributed by atoms with Crippen molar-refractivity contribution in [2.75, 3.05) is 25.6 Å². The molecule has 0 aromatic heterocycles. The van der Waals surface area contributed by atoms with Crippen LogP contribution in [-0.2, 0) is 0 Å². The van der Waals surface area contributed by atoms with Crippen LogP contribution in [-0.4, -0.2) is 26.6 Å². The molecule has 0 bridgehead atoms. The molecule has 172 valence electrons. The minimum Gasteiger partial charge on any atom is -0.493 e. The molecule has 0 radical (unpaired) electrons. The molecule has 6 heteroatoms. The number of carbonyl (C=O) groups is 1. The van der Waals surface area contributed by atoms with Crippen molar-refractivity contribution >= 4 is 45.6 Å². The molecule has 1 heterocycles. The van der Waals surface area contributed by atoms with E-state index in [1.165, 1.54) is 0 Å². The van der Waals surface area contributed by atoms with Crippen molar-refractivity contribution in [1.29, 1.82) is 0 Å². The van der Waals surface area contributed by atoms with Gasteiger partial charge in [-0.2, -0.15) is 0 Å². The van der Waals surface area contributed by atoms with Gasteiger partial charge in [-0.3, -0.25) is 4.79 Å². The number of carbonyl (C=O) groups excluding carboxylic acids is 1. The van der Waals surface area contributed by atoms with E-state index < -0.39 is 0 Å². The fourth-order valence-electron chi connectivity index (χ4n) is 4.70. The predicted octanol–water partition coefficient (Wildman–Crippen LogP) is 7.13. The summed E-state index contributed by atoms with van der Waals surface area (Å²) >= 11 is 12.5. The van der Waals surface area contributed by atoms with Crippen LogP contribution in [0, 0.1) is 0 Å². The second kappa shape index (κ2) is 9.21. The fraction of sp³-hybridized carbons (Fsp3) is 0.179. The van der Waals surface area contributed by atoms with E-state index in [2.05, 4.69) is 5.32 Å².